The number of carboxylic acids is 1. The predicted octanol–water partition coefficient (Wildman–Crippen LogP) is 0.379. The minimum absolute atomic E-state index is 0.145. The molecule has 1 aromatic rings. The first kappa shape index (κ1) is 12.0. The molecular formula is C9H13N3O4. The molecule has 7 nitrogen and oxygen atoms in total. The van der Waals surface area contributed by atoms with Gasteiger partial charge >= 0.3 is 5.97 Å². The summed E-state index contributed by atoms with van der Waals surface area (Å²) in [6.07, 6.45) is 0. The van der Waals surface area contributed by atoms with E-state index in [4.69, 9.17) is 14.6 Å². The molecule has 1 aromatic heterocycles. The summed E-state index contributed by atoms with van der Waals surface area (Å²) in [6.45, 7) is 1.48. The molecule has 16 heavy (non-hydrogen) atoms. The quantitative estimate of drug-likeness (QED) is 0.750. The SMILES string of the molecule is COc1cc(OC)nc(N[C@@H](C)C(=O)O)n1. The molecule has 1 rings (SSSR count). The maximum atomic E-state index is 10.6. The van der Waals surface area contributed by atoms with Gasteiger partial charge in [-0.15, -0.1) is 0 Å². The van der Waals surface area contributed by atoms with Gasteiger partial charge in [0.05, 0.1) is 20.3 Å². The second-order valence-corrected chi connectivity index (χ2v) is 2.98. The minimum atomic E-state index is -0.995. The van der Waals surface area contributed by atoms with Crippen molar-refractivity contribution >= 4 is 11.9 Å². The van der Waals surface area contributed by atoms with Crippen LogP contribution >= 0.6 is 0 Å². The largest absolute Gasteiger partial charge is 0.481 e. The standard InChI is InChI=1S/C9H13N3O4/c1-5(8(13)14)10-9-11-6(15-2)4-7(12-9)16-3/h4-5H,1-3H3,(H,13,14)(H,10,11,12)/t5-/m0/s1. The molecule has 0 fully saturated rings. The summed E-state index contributed by atoms with van der Waals surface area (Å²) in [5.74, 6) is -0.254. The highest BCUT2D eigenvalue weighted by atomic mass is 16.5. The van der Waals surface area contributed by atoms with Crippen LogP contribution in [-0.2, 0) is 4.79 Å². The third kappa shape index (κ3) is 2.97. The van der Waals surface area contributed by atoms with Crippen LogP contribution in [0.3, 0.4) is 0 Å². The minimum Gasteiger partial charge on any atom is -0.481 e. The van der Waals surface area contributed by atoms with Gasteiger partial charge in [0.2, 0.25) is 17.7 Å². The number of rotatable bonds is 5. The molecule has 1 atom stereocenters. The molecule has 0 amide bonds. The van der Waals surface area contributed by atoms with Crippen molar-refractivity contribution in [1.82, 2.24) is 9.97 Å². The Morgan fingerprint density at radius 2 is 1.88 bits per heavy atom. The number of ether oxygens (including phenoxy) is 2. The van der Waals surface area contributed by atoms with E-state index in [9.17, 15) is 4.79 Å². The first-order valence-electron chi connectivity index (χ1n) is 4.53. The number of nitrogens with zero attached hydrogens (tertiary/aromatic N) is 2. The zero-order valence-electron chi connectivity index (χ0n) is 9.22. The van der Waals surface area contributed by atoms with Gasteiger partial charge in [-0.25, -0.2) is 0 Å². The van der Waals surface area contributed by atoms with Crippen LogP contribution in [0.2, 0.25) is 0 Å². The van der Waals surface area contributed by atoms with Gasteiger partial charge in [0, 0.05) is 0 Å². The van der Waals surface area contributed by atoms with Gasteiger partial charge in [-0.2, -0.15) is 9.97 Å². The lowest BCUT2D eigenvalue weighted by Gasteiger charge is -2.10. The van der Waals surface area contributed by atoms with Crippen LogP contribution < -0.4 is 14.8 Å². The van der Waals surface area contributed by atoms with Crippen LogP contribution in [0.4, 0.5) is 5.95 Å². The van der Waals surface area contributed by atoms with Crippen LogP contribution in [0, 0.1) is 0 Å². The molecular weight excluding hydrogens is 214 g/mol. The Kier molecular flexibility index (Phi) is 3.87. The normalized spacial score (nSPS) is 11.7. The monoisotopic (exact) mass is 227 g/mol. The molecule has 0 aliphatic carbocycles. The van der Waals surface area contributed by atoms with Crippen molar-refractivity contribution in [2.75, 3.05) is 19.5 Å². The van der Waals surface area contributed by atoms with E-state index in [2.05, 4.69) is 15.3 Å². The Balaban J connectivity index is 2.90. The molecule has 0 unspecified atom stereocenters. The average molecular weight is 227 g/mol. The lowest BCUT2D eigenvalue weighted by molar-refractivity contribution is -0.137. The van der Waals surface area contributed by atoms with Gasteiger partial charge in [0.25, 0.3) is 0 Å². The van der Waals surface area contributed by atoms with E-state index in [0.717, 1.165) is 0 Å². The second-order valence-electron chi connectivity index (χ2n) is 2.98. The van der Waals surface area contributed by atoms with Crippen LogP contribution in [0.15, 0.2) is 6.07 Å². The fraction of sp³-hybridized carbons (Fsp3) is 0.444. The lowest BCUT2D eigenvalue weighted by Crippen LogP contribution is -2.26. The van der Waals surface area contributed by atoms with Crippen molar-refractivity contribution in [3.63, 3.8) is 0 Å². The van der Waals surface area contributed by atoms with Crippen LogP contribution in [0.1, 0.15) is 6.92 Å². The van der Waals surface area contributed by atoms with Crippen molar-refractivity contribution in [2.24, 2.45) is 0 Å². The molecule has 1 heterocycles. The highest BCUT2D eigenvalue weighted by molar-refractivity contribution is 5.75. The van der Waals surface area contributed by atoms with Crippen molar-refractivity contribution in [3.05, 3.63) is 6.07 Å². The van der Waals surface area contributed by atoms with Crippen molar-refractivity contribution in [1.29, 1.82) is 0 Å². The van der Waals surface area contributed by atoms with E-state index < -0.39 is 12.0 Å². The number of aliphatic carboxylic acids is 1. The fourth-order valence-electron chi connectivity index (χ4n) is 0.933. The van der Waals surface area contributed by atoms with Gasteiger partial charge in [0.1, 0.15) is 6.04 Å². The molecule has 0 aliphatic rings. The number of hydrogen-bond donors (Lipinski definition) is 2. The molecule has 0 aromatic carbocycles. The highest BCUT2D eigenvalue weighted by Crippen LogP contribution is 2.17. The van der Waals surface area contributed by atoms with Gasteiger partial charge in [-0.3, -0.25) is 4.79 Å². The molecule has 0 bridgehead atoms. The summed E-state index contributed by atoms with van der Waals surface area (Å²) >= 11 is 0. The Hall–Kier alpha value is -2.05. The van der Waals surface area contributed by atoms with Gasteiger partial charge in [-0.05, 0) is 6.92 Å². The van der Waals surface area contributed by atoms with Crippen LogP contribution in [0.5, 0.6) is 11.8 Å². The third-order valence-corrected chi connectivity index (χ3v) is 1.81. The molecule has 0 saturated heterocycles. The number of anilines is 1. The number of methoxy groups -OCH3 is 2. The van der Waals surface area contributed by atoms with E-state index in [-0.39, 0.29) is 5.95 Å². The molecule has 0 aliphatic heterocycles. The Morgan fingerprint density at radius 3 is 2.25 bits per heavy atom. The van der Waals surface area contributed by atoms with E-state index in [1.807, 2.05) is 0 Å². The average Bonchev–Trinajstić information content (AvgIpc) is 2.28. The van der Waals surface area contributed by atoms with Gasteiger partial charge in [0.15, 0.2) is 0 Å². The topological polar surface area (TPSA) is 93.6 Å². The summed E-state index contributed by atoms with van der Waals surface area (Å²) in [4.78, 5) is 18.5. The fourth-order valence-corrected chi connectivity index (χ4v) is 0.933. The molecule has 7 heteroatoms. The number of aromatic nitrogens is 2. The maximum Gasteiger partial charge on any atom is 0.325 e. The van der Waals surface area contributed by atoms with Crippen LogP contribution in [-0.4, -0.2) is 41.3 Å². The number of carbonyl (C=O) groups is 1. The Bertz CT molecular complexity index is 361. The van der Waals surface area contributed by atoms with Crippen LogP contribution in [0.25, 0.3) is 0 Å². The van der Waals surface area contributed by atoms with Crippen molar-refractivity contribution in [3.8, 4) is 11.8 Å². The predicted molar refractivity (Wildman–Crippen MR) is 55.9 cm³/mol. The van der Waals surface area contributed by atoms with E-state index in [0.29, 0.717) is 11.8 Å². The molecule has 0 spiro atoms. The van der Waals surface area contributed by atoms with Gasteiger partial charge in [-0.1, -0.05) is 0 Å². The molecule has 0 saturated carbocycles. The Morgan fingerprint density at radius 1 is 1.38 bits per heavy atom. The van der Waals surface area contributed by atoms with Crippen molar-refractivity contribution in [2.45, 2.75) is 13.0 Å². The zero-order valence-corrected chi connectivity index (χ0v) is 9.22. The van der Waals surface area contributed by atoms with Gasteiger partial charge < -0.3 is 19.9 Å². The molecule has 2 N–H and O–H groups in total. The molecule has 0 radical (unpaired) electrons. The smallest absolute Gasteiger partial charge is 0.325 e. The number of nitrogens with one attached hydrogen (secondary N) is 1. The third-order valence-electron chi connectivity index (χ3n) is 1.81. The zero-order chi connectivity index (χ0) is 12.1. The van der Waals surface area contributed by atoms with Crippen molar-refractivity contribution < 1.29 is 19.4 Å². The maximum absolute atomic E-state index is 10.6. The number of hydrogen-bond acceptors (Lipinski definition) is 6. The summed E-state index contributed by atoms with van der Waals surface area (Å²) < 4.78 is 9.84. The first-order chi connectivity index (χ1) is 7.56. The summed E-state index contributed by atoms with van der Waals surface area (Å²) in [7, 11) is 2.90. The lowest BCUT2D eigenvalue weighted by atomic mass is 10.3. The second kappa shape index (κ2) is 5.15. The van der Waals surface area contributed by atoms with E-state index in [1.165, 1.54) is 27.2 Å². The molecule has 88 valence electrons. The Labute approximate surface area is 92.4 Å². The van der Waals surface area contributed by atoms with E-state index >= 15 is 0 Å². The summed E-state index contributed by atoms with van der Waals surface area (Å²) in [6, 6.07) is 0.702. The summed E-state index contributed by atoms with van der Waals surface area (Å²) in [5, 5.41) is 11.3. The van der Waals surface area contributed by atoms with E-state index in [1.54, 1.807) is 0 Å². The number of carboxylic acid groups (broad SMARTS) is 1. The highest BCUT2D eigenvalue weighted by Gasteiger charge is 2.13. The first-order valence-corrected chi connectivity index (χ1v) is 4.53. The summed E-state index contributed by atoms with van der Waals surface area (Å²) in [5.41, 5.74) is 0.